The first kappa shape index (κ1) is 20.2. The van der Waals surface area contributed by atoms with Gasteiger partial charge in [-0.2, -0.15) is 0 Å². The monoisotopic (exact) mass is 375 g/mol. The molecule has 0 saturated heterocycles. The minimum Gasteiger partial charge on any atom is -0.468 e. The molecule has 1 aliphatic rings. The van der Waals surface area contributed by atoms with E-state index in [0.717, 1.165) is 0 Å². The molecule has 27 heavy (non-hydrogen) atoms. The Labute approximate surface area is 156 Å². The third-order valence-electron chi connectivity index (χ3n) is 4.29. The van der Waals surface area contributed by atoms with Crippen molar-refractivity contribution in [3.8, 4) is 0 Å². The van der Waals surface area contributed by atoms with E-state index in [9.17, 15) is 19.7 Å². The first-order valence-electron chi connectivity index (χ1n) is 8.27. The predicted molar refractivity (Wildman–Crippen MR) is 97.2 cm³/mol. The SMILES string of the molecule is COC(=O)C1C(C)=NC(C)=C(C(=O)OCCN)C1c1cccc([N+](=O)[O-])c1. The van der Waals surface area contributed by atoms with Gasteiger partial charge in [-0.15, -0.1) is 0 Å². The van der Waals surface area contributed by atoms with Gasteiger partial charge in [-0.05, 0) is 19.4 Å². The van der Waals surface area contributed by atoms with Gasteiger partial charge in [0, 0.05) is 36.0 Å². The number of ether oxygens (including phenoxy) is 2. The summed E-state index contributed by atoms with van der Waals surface area (Å²) in [7, 11) is 1.23. The van der Waals surface area contributed by atoms with Crippen LogP contribution in [0.25, 0.3) is 0 Å². The first-order chi connectivity index (χ1) is 12.8. The van der Waals surface area contributed by atoms with Crippen molar-refractivity contribution >= 4 is 23.3 Å². The molecular weight excluding hydrogens is 354 g/mol. The number of nitrogens with zero attached hydrogens (tertiary/aromatic N) is 2. The Morgan fingerprint density at radius 1 is 1.33 bits per heavy atom. The zero-order chi connectivity index (χ0) is 20.1. The highest BCUT2D eigenvalue weighted by Gasteiger charge is 2.42. The van der Waals surface area contributed by atoms with Gasteiger partial charge in [0.15, 0.2) is 0 Å². The number of allylic oxidation sites excluding steroid dienone is 1. The number of methoxy groups -OCH3 is 1. The molecule has 1 aromatic carbocycles. The van der Waals surface area contributed by atoms with Crippen LogP contribution in [0.2, 0.25) is 0 Å². The highest BCUT2D eigenvalue weighted by atomic mass is 16.6. The Balaban J connectivity index is 2.64. The second-order valence-corrected chi connectivity index (χ2v) is 6.01. The summed E-state index contributed by atoms with van der Waals surface area (Å²) in [6.45, 7) is 3.42. The maximum Gasteiger partial charge on any atom is 0.336 e. The molecule has 0 aromatic heterocycles. The molecule has 2 N–H and O–H groups in total. The summed E-state index contributed by atoms with van der Waals surface area (Å²) in [5, 5.41) is 11.2. The van der Waals surface area contributed by atoms with Gasteiger partial charge in [-0.3, -0.25) is 19.9 Å². The lowest BCUT2D eigenvalue weighted by atomic mass is 9.75. The standard InChI is InChI=1S/C18H21N3O6/c1-10-14(17(22)26-3)16(12-5-4-6-13(9-12)21(24)25)15(11(2)20-10)18(23)27-8-7-19/h4-6,9,14,16H,7-8,19H2,1-3H3. The Morgan fingerprint density at radius 3 is 2.63 bits per heavy atom. The number of hydrogen-bond donors (Lipinski definition) is 1. The third kappa shape index (κ3) is 4.20. The van der Waals surface area contributed by atoms with Crippen LogP contribution in [0, 0.1) is 16.0 Å². The van der Waals surface area contributed by atoms with Crippen molar-refractivity contribution in [2.24, 2.45) is 16.6 Å². The number of nitrogens with two attached hydrogens (primary N) is 1. The minimum atomic E-state index is -0.902. The quantitative estimate of drug-likeness (QED) is 0.454. The van der Waals surface area contributed by atoms with Crippen LogP contribution in [0.15, 0.2) is 40.5 Å². The van der Waals surface area contributed by atoms with Crippen molar-refractivity contribution in [2.45, 2.75) is 19.8 Å². The van der Waals surface area contributed by atoms with E-state index in [1.807, 2.05) is 0 Å². The summed E-state index contributed by atoms with van der Waals surface area (Å²) in [5.74, 6) is -2.98. The van der Waals surface area contributed by atoms with Gasteiger partial charge >= 0.3 is 11.9 Å². The van der Waals surface area contributed by atoms with Gasteiger partial charge in [0.1, 0.15) is 12.5 Å². The highest BCUT2D eigenvalue weighted by Crippen LogP contribution is 2.40. The molecule has 0 saturated carbocycles. The van der Waals surface area contributed by atoms with Gasteiger partial charge in [0.2, 0.25) is 0 Å². The Kier molecular flexibility index (Phi) is 6.40. The number of benzene rings is 1. The lowest BCUT2D eigenvalue weighted by molar-refractivity contribution is -0.384. The summed E-state index contributed by atoms with van der Waals surface area (Å²) in [4.78, 5) is 40.0. The van der Waals surface area contributed by atoms with Crippen LogP contribution in [0.5, 0.6) is 0 Å². The summed E-state index contributed by atoms with van der Waals surface area (Å²) < 4.78 is 10.0. The lowest BCUT2D eigenvalue weighted by Gasteiger charge is -2.31. The lowest BCUT2D eigenvalue weighted by Crippen LogP contribution is -2.36. The van der Waals surface area contributed by atoms with E-state index >= 15 is 0 Å². The fourth-order valence-electron chi connectivity index (χ4n) is 3.16. The second kappa shape index (κ2) is 8.54. The Bertz CT molecular complexity index is 830. The Hall–Kier alpha value is -3.07. The van der Waals surface area contributed by atoms with Gasteiger partial charge in [0.05, 0.1) is 17.6 Å². The number of nitro groups is 1. The number of rotatable bonds is 6. The van der Waals surface area contributed by atoms with Crippen LogP contribution >= 0.6 is 0 Å². The number of non-ortho nitro benzene ring substituents is 1. The maximum absolute atomic E-state index is 12.6. The Morgan fingerprint density at radius 2 is 2.04 bits per heavy atom. The topological polar surface area (TPSA) is 134 Å². The van der Waals surface area contributed by atoms with Crippen LogP contribution in [-0.2, 0) is 19.1 Å². The van der Waals surface area contributed by atoms with E-state index in [2.05, 4.69) is 4.99 Å². The third-order valence-corrected chi connectivity index (χ3v) is 4.29. The summed E-state index contributed by atoms with van der Waals surface area (Å²) in [6, 6.07) is 5.79. The van der Waals surface area contributed by atoms with Crippen LogP contribution in [0.3, 0.4) is 0 Å². The smallest absolute Gasteiger partial charge is 0.336 e. The zero-order valence-corrected chi connectivity index (χ0v) is 15.3. The molecule has 1 aromatic rings. The summed E-state index contributed by atoms with van der Waals surface area (Å²) in [5.41, 5.74) is 6.65. The molecule has 2 unspecified atom stereocenters. The molecule has 1 aliphatic heterocycles. The molecule has 9 heteroatoms. The van der Waals surface area contributed by atoms with Gasteiger partial charge < -0.3 is 15.2 Å². The molecule has 0 amide bonds. The zero-order valence-electron chi connectivity index (χ0n) is 15.3. The van der Waals surface area contributed by atoms with E-state index in [4.69, 9.17) is 15.2 Å². The number of carbonyl (C=O) groups excluding carboxylic acids is 2. The minimum absolute atomic E-state index is 0.00284. The van der Waals surface area contributed by atoms with E-state index in [0.29, 0.717) is 17.0 Å². The van der Waals surface area contributed by atoms with Crippen molar-refractivity contribution in [3.63, 3.8) is 0 Å². The normalized spacial score (nSPS) is 19.3. The molecule has 1 heterocycles. The number of hydrogen-bond acceptors (Lipinski definition) is 8. The van der Waals surface area contributed by atoms with Gasteiger partial charge in [-0.1, -0.05) is 12.1 Å². The van der Waals surface area contributed by atoms with E-state index in [-0.39, 0.29) is 24.4 Å². The van der Waals surface area contributed by atoms with Crippen molar-refractivity contribution in [3.05, 3.63) is 51.2 Å². The van der Waals surface area contributed by atoms with Crippen LogP contribution in [-0.4, -0.2) is 42.8 Å². The molecule has 0 radical (unpaired) electrons. The maximum atomic E-state index is 12.6. The number of nitro benzene ring substituents is 1. The summed E-state index contributed by atoms with van der Waals surface area (Å²) >= 11 is 0. The molecule has 0 fully saturated rings. The van der Waals surface area contributed by atoms with Crippen LogP contribution in [0.1, 0.15) is 25.3 Å². The van der Waals surface area contributed by atoms with Crippen molar-refractivity contribution < 1.29 is 24.0 Å². The van der Waals surface area contributed by atoms with E-state index in [1.54, 1.807) is 19.9 Å². The molecule has 0 spiro atoms. The molecular formula is C18H21N3O6. The highest BCUT2D eigenvalue weighted by molar-refractivity contribution is 6.07. The van der Waals surface area contributed by atoms with Crippen molar-refractivity contribution in [2.75, 3.05) is 20.3 Å². The molecule has 144 valence electrons. The molecule has 2 rings (SSSR count). The predicted octanol–water partition coefficient (Wildman–Crippen LogP) is 1.72. The van der Waals surface area contributed by atoms with E-state index < -0.39 is 28.7 Å². The van der Waals surface area contributed by atoms with Crippen molar-refractivity contribution in [1.29, 1.82) is 0 Å². The largest absolute Gasteiger partial charge is 0.468 e. The number of carbonyl (C=O) groups is 2. The molecule has 0 bridgehead atoms. The average molecular weight is 375 g/mol. The fraction of sp³-hybridized carbons (Fsp3) is 0.389. The number of esters is 2. The molecule has 0 aliphatic carbocycles. The van der Waals surface area contributed by atoms with Crippen LogP contribution < -0.4 is 5.73 Å². The van der Waals surface area contributed by atoms with Gasteiger partial charge in [0.25, 0.3) is 5.69 Å². The molecule has 2 atom stereocenters. The fourth-order valence-corrected chi connectivity index (χ4v) is 3.16. The first-order valence-corrected chi connectivity index (χ1v) is 8.27. The summed E-state index contributed by atoms with van der Waals surface area (Å²) in [6.07, 6.45) is 0. The number of aliphatic imine (C=N–C) groups is 1. The second-order valence-electron chi connectivity index (χ2n) is 6.01. The molecule has 9 nitrogen and oxygen atoms in total. The van der Waals surface area contributed by atoms with E-state index in [1.165, 1.54) is 25.3 Å². The van der Waals surface area contributed by atoms with Gasteiger partial charge in [-0.25, -0.2) is 4.79 Å². The van der Waals surface area contributed by atoms with Crippen molar-refractivity contribution in [1.82, 2.24) is 0 Å². The average Bonchev–Trinajstić information content (AvgIpc) is 2.64. The van der Waals surface area contributed by atoms with Crippen LogP contribution in [0.4, 0.5) is 5.69 Å².